The normalized spacial score (nSPS) is 24.2. The SMILES string of the molecule is C[C@H](c1ccccc1)N1CCCCC1CO. The van der Waals surface area contributed by atoms with Gasteiger partial charge in [-0.2, -0.15) is 0 Å². The number of rotatable bonds is 3. The van der Waals surface area contributed by atoms with Gasteiger partial charge in [0.25, 0.3) is 0 Å². The first-order chi connectivity index (χ1) is 7.83. The highest BCUT2D eigenvalue weighted by Crippen LogP contribution is 2.27. The highest BCUT2D eigenvalue weighted by atomic mass is 16.3. The molecule has 1 saturated heterocycles. The monoisotopic (exact) mass is 219 g/mol. The first kappa shape index (κ1) is 11.6. The summed E-state index contributed by atoms with van der Waals surface area (Å²) in [6.07, 6.45) is 3.64. The molecular weight excluding hydrogens is 198 g/mol. The van der Waals surface area contributed by atoms with E-state index in [0.29, 0.717) is 12.1 Å². The molecule has 2 atom stereocenters. The number of hydrogen-bond donors (Lipinski definition) is 1. The van der Waals surface area contributed by atoms with Gasteiger partial charge in [0.2, 0.25) is 0 Å². The van der Waals surface area contributed by atoms with Crippen LogP contribution in [0.15, 0.2) is 30.3 Å². The molecule has 88 valence electrons. The van der Waals surface area contributed by atoms with Crippen LogP contribution in [0.2, 0.25) is 0 Å². The zero-order valence-corrected chi connectivity index (χ0v) is 9.97. The van der Waals surface area contributed by atoms with E-state index < -0.39 is 0 Å². The molecule has 1 aromatic rings. The summed E-state index contributed by atoms with van der Waals surface area (Å²) in [6.45, 7) is 3.64. The van der Waals surface area contributed by atoms with Crippen LogP contribution >= 0.6 is 0 Å². The highest BCUT2D eigenvalue weighted by molar-refractivity contribution is 5.18. The van der Waals surface area contributed by atoms with Crippen LogP contribution in [0.3, 0.4) is 0 Å². The molecular formula is C14H21NO. The van der Waals surface area contributed by atoms with Crippen molar-refractivity contribution in [1.82, 2.24) is 4.90 Å². The van der Waals surface area contributed by atoms with Crippen molar-refractivity contribution in [3.63, 3.8) is 0 Å². The fourth-order valence-corrected chi connectivity index (χ4v) is 2.65. The summed E-state index contributed by atoms with van der Waals surface area (Å²) in [5.41, 5.74) is 1.35. The quantitative estimate of drug-likeness (QED) is 0.844. The van der Waals surface area contributed by atoms with Gasteiger partial charge in [0.05, 0.1) is 6.61 Å². The van der Waals surface area contributed by atoms with E-state index in [1.165, 1.54) is 18.4 Å². The molecule has 1 aliphatic rings. The van der Waals surface area contributed by atoms with E-state index in [4.69, 9.17) is 0 Å². The molecule has 1 unspecified atom stereocenters. The molecule has 2 rings (SSSR count). The Labute approximate surface area is 97.9 Å². The maximum Gasteiger partial charge on any atom is 0.0587 e. The summed E-state index contributed by atoms with van der Waals surface area (Å²) in [5, 5.41) is 9.42. The van der Waals surface area contributed by atoms with Crippen LogP contribution in [-0.4, -0.2) is 29.2 Å². The number of aliphatic hydroxyl groups excluding tert-OH is 1. The van der Waals surface area contributed by atoms with Gasteiger partial charge in [0.1, 0.15) is 0 Å². The summed E-state index contributed by atoms with van der Waals surface area (Å²) in [4.78, 5) is 2.44. The van der Waals surface area contributed by atoms with Crippen LogP contribution in [0.25, 0.3) is 0 Å². The molecule has 2 nitrogen and oxygen atoms in total. The topological polar surface area (TPSA) is 23.5 Å². The maximum atomic E-state index is 9.42. The molecule has 0 aliphatic carbocycles. The van der Waals surface area contributed by atoms with E-state index in [0.717, 1.165) is 13.0 Å². The van der Waals surface area contributed by atoms with Gasteiger partial charge in [-0.25, -0.2) is 0 Å². The predicted molar refractivity (Wildman–Crippen MR) is 66.3 cm³/mol. The minimum Gasteiger partial charge on any atom is -0.395 e. The third kappa shape index (κ3) is 2.45. The lowest BCUT2D eigenvalue weighted by atomic mass is 9.97. The van der Waals surface area contributed by atoms with Gasteiger partial charge in [-0.1, -0.05) is 36.8 Å². The summed E-state index contributed by atoms with van der Waals surface area (Å²) in [6, 6.07) is 11.3. The van der Waals surface area contributed by atoms with E-state index in [9.17, 15) is 5.11 Å². The van der Waals surface area contributed by atoms with Crippen molar-refractivity contribution in [3.8, 4) is 0 Å². The Morgan fingerprint density at radius 3 is 2.75 bits per heavy atom. The number of aliphatic hydroxyl groups is 1. The zero-order chi connectivity index (χ0) is 11.4. The van der Waals surface area contributed by atoms with Gasteiger partial charge in [-0.15, -0.1) is 0 Å². The zero-order valence-electron chi connectivity index (χ0n) is 9.97. The lowest BCUT2D eigenvalue weighted by Gasteiger charge is -2.39. The number of piperidine rings is 1. The van der Waals surface area contributed by atoms with Gasteiger partial charge >= 0.3 is 0 Å². The average Bonchev–Trinajstić information content (AvgIpc) is 2.39. The number of nitrogens with zero attached hydrogens (tertiary/aromatic N) is 1. The summed E-state index contributed by atoms with van der Waals surface area (Å²) in [7, 11) is 0. The molecule has 16 heavy (non-hydrogen) atoms. The van der Waals surface area contributed by atoms with Crippen molar-refractivity contribution in [2.75, 3.05) is 13.2 Å². The summed E-state index contributed by atoms with van der Waals surface area (Å²) in [5.74, 6) is 0. The predicted octanol–water partition coefficient (Wildman–Crippen LogP) is 2.59. The van der Waals surface area contributed by atoms with Crippen LogP contribution in [0.4, 0.5) is 0 Å². The second kappa shape index (κ2) is 5.46. The lowest BCUT2D eigenvalue weighted by molar-refractivity contribution is 0.0588. The van der Waals surface area contributed by atoms with Gasteiger partial charge in [-0.3, -0.25) is 4.90 Å². The van der Waals surface area contributed by atoms with Crippen molar-refractivity contribution in [3.05, 3.63) is 35.9 Å². The Bertz CT molecular complexity index is 312. The molecule has 1 fully saturated rings. The molecule has 2 heteroatoms. The fraction of sp³-hybridized carbons (Fsp3) is 0.571. The largest absolute Gasteiger partial charge is 0.395 e. The molecule has 0 amide bonds. The Morgan fingerprint density at radius 1 is 1.31 bits per heavy atom. The highest BCUT2D eigenvalue weighted by Gasteiger charge is 2.26. The lowest BCUT2D eigenvalue weighted by Crippen LogP contribution is -2.43. The van der Waals surface area contributed by atoms with Crippen molar-refractivity contribution in [2.45, 2.75) is 38.3 Å². The molecule has 1 N–H and O–H groups in total. The molecule has 1 heterocycles. The van der Waals surface area contributed by atoms with E-state index >= 15 is 0 Å². The van der Waals surface area contributed by atoms with Gasteiger partial charge in [-0.05, 0) is 31.9 Å². The Kier molecular flexibility index (Phi) is 3.97. The number of hydrogen-bond acceptors (Lipinski definition) is 2. The Morgan fingerprint density at radius 2 is 2.06 bits per heavy atom. The Balaban J connectivity index is 2.10. The minimum atomic E-state index is 0.289. The summed E-state index contributed by atoms with van der Waals surface area (Å²) < 4.78 is 0. The van der Waals surface area contributed by atoms with Crippen LogP contribution in [-0.2, 0) is 0 Å². The van der Waals surface area contributed by atoms with E-state index in [2.05, 4.69) is 42.2 Å². The van der Waals surface area contributed by atoms with Gasteiger partial charge in [0, 0.05) is 12.1 Å². The van der Waals surface area contributed by atoms with Crippen molar-refractivity contribution < 1.29 is 5.11 Å². The number of likely N-dealkylation sites (tertiary alicyclic amines) is 1. The average molecular weight is 219 g/mol. The molecule has 0 spiro atoms. The Hall–Kier alpha value is -0.860. The molecule has 0 saturated carbocycles. The first-order valence-corrected chi connectivity index (χ1v) is 6.24. The first-order valence-electron chi connectivity index (χ1n) is 6.24. The molecule has 0 aromatic heterocycles. The standard InChI is InChI=1S/C14H21NO/c1-12(13-7-3-2-4-8-13)15-10-6-5-9-14(15)11-16/h2-4,7-8,12,14,16H,5-6,9-11H2,1H3/t12-,14?/m1/s1. The van der Waals surface area contributed by atoms with E-state index in [1.807, 2.05) is 0 Å². The third-order valence-corrected chi connectivity index (χ3v) is 3.66. The third-order valence-electron chi connectivity index (χ3n) is 3.66. The van der Waals surface area contributed by atoms with Crippen LogP contribution in [0.1, 0.15) is 37.8 Å². The minimum absolute atomic E-state index is 0.289. The van der Waals surface area contributed by atoms with Crippen molar-refractivity contribution in [2.24, 2.45) is 0 Å². The van der Waals surface area contributed by atoms with Gasteiger partial charge in [0.15, 0.2) is 0 Å². The molecule has 0 bridgehead atoms. The molecule has 1 aliphatic heterocycles. The second-order valence-corrected chi connectivity index (χ2v) is 4.66. The maximum absolute atomic E-state index is 9.42. The van der Waals surface area contributed by atoms with E-state index in [1.54, 1.807) is 0 Å². The van der Waals surface area contributed by atoms with Crippen LogP contribution in [0, 0.1) is 0 Å². The van der Waals surface area contributed by atoms with Crippen molar-refractivity contribution in [1.29, 1.82) is 0 Å². The van der Waals surface area contributed by atoms with Gasteiger partial charge < -0.3 is 5.11 Å². The molecule has 1 aromatic carbocycles. The van der Waals surface area contributed by atoms with Crippen LogP contribution in [0.5, 0.6) is 0 Å². The smallest absolute Gasteiger partial charge is 0.0587 e. The van der Waals surface area contributed by atoms with E-state index in [-0.39, 0.29) is 6.61 Å². The summed E-state index contributed by atoms with van der Waals surface area (Å²) >= 11 is 0. The number of benzene rings is 1. The van der Waals surface area contributed by atoms with Crippen LogP contribution < -0.4 is 0 Å². The molecule has 0 radical (unpaired) electrons. The van der Waals surface area contributed by atoms with Crippen molar-refractivity contribution >= 4 is 0 Å². The fourth-order valence-electron chi connectivity index (χ4n) is 2.65. The second-order valence-electron chi connectivity index (χ2n) is 4.66.